The van der Waals surface area contributed by atoms with Gasteiger partial charge in [0.2, 0.25) is 5.91 Å². The van der Waals surface area contributed by atoms with Gasteiger partial charge in [-0.05, 0) is 12.5 Å². The molecule has 1 fully saturated rings. The van der Waals surface area contributed by atoms with Gasteiger partial charge >= 0.3 is 6.03 Å². The summed E-state index contributed by atoms with van der Waals surface area (Å²) in [5.74, 6) is -0.0206. The summed E-state index contributed by atoms with van der Waals surface area (Å²) in [7, 11) is 0. The van der Waals surface area contributed by atoms with Crippen LogP contribution in [0.15, 0.2) is 12.4 Å². The van der Waals surface area contributed by atoms with Crippen LogP contribution in [0, 0.1) is 6.92 Å². The van der Waals surface area contributed by atoms with Gasteiger partial charge in [0.25, 0.3) is 0 Å². The Morgan fingerprint density at radius 3 is 3.00 bits per heavy atom. The quantitative estimate of drug-likeness (QED) is 0.742. The Kier molecular flexibility index (Phi) is 4.38. The lowest BCUT2D eigenvalue weighted by Crippen LogP contribution is -2.37. The molecule has 0 bridgehead atoms. The molecule has 0 spiro atoms. The van der Waals surface area contributed by atoms with Crippen LogP contribution in [0.2, 0.25) is 0 Å². The summed E-state index contributed by atoms with van der Waals surface area (Å²) in [6.45, 7) is 4.98. The molecule has 0 aromatic carbocycles. The molecule has 19 heavy (non-hydrogen) atoms. The fourth-order valence-corrected chi connectivity index (χ4v) is 1.95. The van der Waals surface area contributed by atoms with Gasteiger partial charge in [0.05, 0.1) is 6.20 Å². The Bertz CT molecular complexity index is 457. The van der Waals surface area contributed by atoms with E-state index in [-0.39, 0.29) is 11.9 Å². The first-order valence-electron chi connectivity index (χ1n) is 6.43. The van der Waals surface area contributed by atoms with Gasteiger partial charge in [-0.2, -0.15) is 5.10 Å². The fourth-order valence-electron chi connectivity index (χ4n) is 1.95. The molecule has 2 N–H and O–H groups in total. The molecule has 0 saturated carbocycles. The lowest BCUT2D eigenvalue weighted by molar-refractivity contribution is -0.121. The van der Waals surface area contributed by atoms with Crippen LogP contribution in [0.1, 0.15) is 12.0 Å². The van der Waals surface area contributed by atoms with Crippen LogP contribution < -0.4 is 10.6 Å². The molecule has 1 aromatic heterocycles. The monoisotopic (exact) mass is 265 g/mol. The minimum absolute atomic E-state index is 0.0206. The van der Waals surface area contributed by atoms with Crippen molar-refractivity contribution in [2.45, 2.75) is 19.9 Å². The van der Waals surface area contributed by atoms with Gasteiger partial charge in [-0.15, -0.1) is 0 Å². The van der Waals surface area contributed by atoms with Gasteiger partial charge < -0.3 is 15.5 Å². The number of carbonyl (C=O) groups is 2. The third kappa shape index (κ3) is 3.97. The summed E-state index contributed by atoms with van der Waals surface area (Å²) >= 11 is 0. The first-order valence-corrected chi connectivity index (χ1v) is 6.43. The molecule has 3 amide bonds. The highest BCUT2D eigenvalue weighted by Gasteiger charge is 2.18. The smallest absolute Gasteiger partial charge is 0.317 e. The van der Waals surface area contributed by atoms with E-state index in [0.29, 0.717) is 39.1 Å². The second-order valence-corrected chi connectivity index (χ2v) is 4.60. The van der Waals surface area contributed by atoms with Gasteiger partial charge in [0.1, 0.15) is 0 Å². The highest BCUT2D eigenvalue weighted by molar-refractivity contribution is 5.77. The van der Waals surface area contributed by atoms with E-state index in [9.17, 15) is 9.59 Å². The molecule has 0 radical (unpaired) electrons. The number of carbonyl (C=O) groups excluding carboxylic acids is 2. The summed E-state index contributed by atoms with van der Waals surface area (Å²) < 4.78 is 1.75. The van der Waals surface area contributed by atoms with E-state index in [1.807, 2.05) is 13.1 Å². The zero-order valence-corrected chi connectivity index (χ0v) is 11.1. The van der Waals surface area contributed by atoms with Crippen molar-refractivity contribution in [1.29, 1.82) is 0 Å². The number of nitrogens with zero attached hydrogens (tertiary/aromatic N) is 3. The van der Waals surface area contributed by atoms with E-state index >= 15 is 0 Å². The minimum Gasteiger partial charge on any atom is -0.354 e. The molecule has 1 saturated heterocycles. The van der Waals surface area contributed by atoms with Gasteiger partial charge in [-0.25, -0.2) is 4.79 Å². The molecular formula is C12H19N5O2. The number of urea groups is 1. The van der Waals surface area contributed by atoms with E-state index in [1.54, 1.807) is 15.8 Å². The second-order valence-electron chi connectivity index (χ2n) is 4.60. The van der Waals surface area contributed by atoms with Crippen molar-refractivity contribution in [3.63, 3.8) is 0 Å². The highest BCUT2D eigenvalue weighted by Crippen LogP contribution is 1.97. The maximum absolute atomic E-state index is 11.6. The van der Waals surface area contributed by atoms with E-state index < -0.39 is 0 Å². The second kappa shape index (κ2) is 6.21. The van der Waals surface area contributed by atoms with Crippen LogP contribution in [0.3, 0.4) is 0 Å². The SMILES string of the molecule is Cc1cnn(CCC(=O)NCCN2CCNC2=O)c1. The maximum atomic E-state index is 11.6. The molecule has 1 aliphatic rings. The molecule has 2 rings (SSSR count). The van der Waals surface area contributed by atoms with Crippen molar-refractivity contribution < 1.29 is 9.59 Å². The fraction of sp³-hybridized carbons (Fsp3) is 0.583. The van der Waals surface area contributed by atoms with Crippen LogP contribution in [-0.4, -0.2) is 52.8 Å². The zero-order valence-electron chi connectivity index (χ0n) is 11.1. The Balaban J connectivity index is 1.60. The van der Waals surface area contributed by atoms with E-state index in [4.69, 9.17) is 0 Å². The van der Waals surface area contributed by atoms with Gasteiger partial charge in [0, 0.05) is 45.3 Å². The Morgan fingerprint density at radius 1 is 1.53 bits per heavy atom. The predicted molar refractivity (Wildman–Crippen MR) is 69.6 cm³/mol. The number of amides is 3. The summed E-state index contributed by atoms with van der Waals surface area (Å²) in [6.07, 6.45) is 4.07. The van der Waals surface area contributed by atoms with Crippen molar-refractivity contribution in [2.24, 2.45) is 0 Å². The van der Waals surface area contributed by atoms with Crippen LogP contribution in [-0.2, 0) is 11.3 Å². The first-order chi connectivity index (χ1) is 9.15. The molecule has 2 heterocycles. The van der Waals surface area contributed by atoms with Gasteiger partial charge in [-0.1, -0.05) is 0 Å². The lowest BCUT2D eigenvalue weighted by Gasteiger charge is -2.14. The zero-order chi connectivity index (χ0) is 13.7. The molecule has 0 aliphatic carbocycles. The van der Waals surface area contributed by atoms with Crippen molar-refractivity contribution in [3.8, 4) is 0 Å². The summed E-state index contributed by atoms with van der Waals surface area (Å²) in [6, 6.07) is -0.0544. The van der Waals surface area contributed by atoms with E-state index in [1.165, 1.54) is 0 Å². The largest absolute Gasteiger partial charge is 0.354 e. The highest BCUT2D eigenvalue weighted by atomic mass is 16.2. The van der Waals surface area contributed by atoms with E-state index in [0.717, 1.165) is 5.56 Å². The maximum Gasteiger partial charge on any atom is 0.317 e. The number of rotatable bonds is 6. The number of nitrogens with one attached hydrogen (secondary N) is 2. The molecular weight excluding hydrogens is 246 g/mol. The summed E-state index contributed by atoms with van der Waals surface area (Å²) in [5.41, 5.74) is 1.08. The van der Waals surface area contributed by atoms with Crippen LogP contribution in [0.5, 0.6) is 0 Å². The standard InChI is InChI=1S/C12H19N5O2/c1-10-8-15-17(9-10)5-2-11(18)13-3-6-16-7-4-14-12(16)19/h8-9H,2-7H2,1H3,(H,13,18)(H,14,19). The molecule has 104 valence electrons. The number of aromatic nitrogens is 2. The van der Waals surface area contributed by atoms with Gasteiger partial charge in [-0.3, -0.25) is 9.48 Å². The first kappa shape index (κ1) is 13.4. The average molecular weight is 265 g/mol. The Hall–Kier alpha value is -2.05. The third-order valence-corrected chi connectivity index (χ3v) is 2.98. The molecule has 1 aliphatic heterocycles. The van der Waals surface area contributed by atoms with Crippen molar-refractivity contribution in [3.05, 3.63) is 18.0 Å². The lowest BCUT2D eigenvalue weighted by atomic mass is 10.4. The molecule has 0 unspecified atom stereocenters. The van der Waals surface area contributed by atoms with Crippen molar-refractivity contribution in [2.75, 3.05) is 26.2 Å². The molecule has 1 aromatic rings. The Morgan fingerprint density at radius 2 is 2.37 bits per heavy atom. The van der Waals surface area contributed by atoms with Crippen LogP contribution in [0.25, 0.3) is 0 Å². The summed E-state index contributed by atoms with van der Waals surface area (Å²) in [4.78, 5) is 24.6. The minimum atomic E-state index is -0.0544. The topological polar surface area (TPSA) is 79.3 Å². The number of aryl methyl sites for hydroxylation is 2. The Labute approximate surface area is 111 Å². The van der Waals surface area contributed by atoms with Crippen molar-refractivity contribution >= 4 is 11.9 Å². The van der Waals surface area contributed by atoms with Crippen LogP contribution in [0.4, 0.5) is 4.79 Å². The molecule has 7 heteroatoms. The van der Waals surface area contributed by atoms with Crippen LogP contribution >= 0.6 is 0 Å². The normalized spacial score (nSPS) is 14.6. The van der Waals surface area contributed by atoms with E-state index in [2.05, 4.69) is 15.7 Å². The predicted octanol–water partition coefficient (Wildman–Crippen LogP) is -0.277. The van der Waals surface area contributed by atoms with Crippen molar-refractivity contribution in [1.82, 2.24) is 25.3 Å². The summed E-state index contributed by atoms with van der Waals surface area (Å²) in [5, 5.41) is 9.64. The third-order valence-electron chi connectivity index (χ3n) is 2.98. The average Bonchev–Trinajstić information content (AvgIpc) is 2.96. The molecule has 7 nitrogen and oxygen atoms in total. The number of hydrogen-bond acceptors (Lipinski definition) is 3. The molecule has 0 atom stereocenters. The van der Waals surface area contributed by atoms with Gasteiger partial charge in [0.15, 0.2) is 0 Å². The number of hydrogen-bond donors (Lipinski definition) is 2.